The number of nitrogens with one attached hydrogen (secondary N) is 2. The molecule has 0 amide bonds. The molecule has 1 aliphatic carbocycles. The van der Waals surface area contributed by atoms with Crippen LogP contribution in [0.4, 0.5) is 11.4 Å². The third-order valence-electron chi connectivity index (χ3n) is 6.52. The summed E-state index contributed by atoms with van der Waals surface area (Å²) in [4.78, 5) is 0. The van der Waals surface area contributed by atoms with Crippen LogP contribution in [0.15, 0.2) is 78.3 Å². The summed E-state index contributed by atoms with van der Waals surface area (Å²) in [6.07, 6.45) is 11.6. The quantitative estimate of drug-likeness (QED) is 0.473. The van der Waals surface area contributed by atoms with Gasteiger partial charge in [0.25, 0.3) is 0 Å². The highest BCUT2D eigenvalue weighted by Crippen LogP contribution is 2.36. The maximum absolute atomic E-state index is 3.81. The molecule has 0 radical (unpaired) electrons. The molecule has 3 heteroatoms. The van der Waals surface area contributed by atoms with Crippen molar-refractivity contribution in [1.29, 1.82) is 0 Å². The Morgan fingerprint density at radius 3 is 2.21 bits per heavy atom. The van der Waals surface area contributed by atoms with E-state index in [0.717, 1.165) is 18.8 Å². The topological polar surface area (TPSA) is 24.1 Å². The molecule has 2 nitrogen and oxygen atoms in total. The maximum atomic E-state index is 3.81. The minimum Gasteiger partial charge on any atom is -0.405 e. The first kappa shape index (κ1) is 18.4. The molecule has 3 aromatic carbocycles. The van der Waals surface area contributed by atoms with Crippen molar-refractivity contribution in [3.05, 3.63) is 83.8 Å². The molecular formula is C26H29BN2. The van der Waals surface area contributed by atoms with Crippen molar-refractivity contribution in [2.75, 3.05) is 10.5 Å². The molecule has 0 bridgehead atoms. The zero-order valence-electron chi connectivity index (χ0n) is 17.0. The predicted octanol–water partition coefficient (Wildman–Crippen LogP) is 6.84. The Bertz CT molecular complexity index is 965. The highest BCUT2D eigenvalue weighted by atomic mass is 15.0. The lowest BCUT2D eigenvalue weighted by atomic mass is 9.62. The van der Waals surface area contributed by atoms with Crippen molar-refractivity contribution in [3.8, 4) is 0 Å². The molecule has 2 N–H and O–H groups in total. The lowest BCUT2D eigenvalue weighted by Gasteiger charge is -2.29. The van der Waals surface area contributed by atoms with Crippen molar-refractivity contribution in [2.45, 2.75) is 44.9 Å². The fourth-order valence-electron chi connectivity index (χ4n) is 4.97. The van der Waals surface area contributed by atoms with Gasteiger partial charge >= 0.3 is 6.98 Å². The van der Waals surface area contributed by atoms with Gasteiger partial charge in [-0.15, -0.1) is 0 Å². The molecule has 1 heterocycles. The van der Waals surface area contributed by atoms with Crippen LogP contribution < -0.4 is 10.5 Å². The molecule has 29 heavy (non-hydrogen) atoms. The zero-order valence-corrected chi connectivity index (χ0v) is 17.0. The minimum atomic E-state index is 0.168. The van der Waals surface area contributed by atoms with Gasteiger partial charge in [-0.3, -0.25) is 0 Å². The van der Waals surface area contributed by atoms with Gasteiger partial charge < -0.3 is 10.5 Å². The van der Waals surface area contributed by atoms with Gasteiger partial charge in [0, 0.05) is 16.8 Å². The first-order chi connectivity index (χ1) is 14.4. The summed E-state index contributed by atoms with van der Waals surface area (Å²) in [5.74, 6) is 0.728. The number of hydrogen-bond acceptors (Lipinski definition) is 2. The van der Waals surface area contributed by atoms with Gasteiger partial charge in [-0.25, -0.2) is 0 Å². The smallest absolute Gasteiger partial charge is 0.401 e. The van der Waals surface area contributed by atoms with E-state index < -0.39 is 0 Å². The number of rotatable bonds is 5. The van der Waals surface area contributed by atoms with Gasteiger partial charge in [0.05, 0.1) is 0 Å². The van der Waals surface area contributed by atoms with Crippen LogP contribution in [-0.4, -0.2) is 6.98 Å². The Kier molecular flexibility index (Phi) is 5.30. The van der Waals surface area contributed by atoms with E-state index in [4.69, 9.17) is 0 Å². The molecule has 1 saturated carbocycles. The van der Waals surface area contributed by atoms with Crippen LogP contribution in [0.5, 0.6) is 0 Å². The Hall–Kier alpha value is -2.68. The predicted molar refractivity (Wildman–Crippen MR) is 126 cm³/mol. The van der Waals surface area contributed by atoms with Gasteiger partial charge in [0.15, 0.2) is 0 Å². The highest BCUT2D eigenvalue weighted by molar-refractivity contribution is 6.74. The Balaban J connectivity index is 1.43. The average Bonchev–Trinajstić information content (AvgIpc) is 2.78. The summed E-state index contributed by atoms with van der Waals surface area (Å²) in [6.45, 7) is 0.168. The van der Waals surface area contributed by atoms with E-state index in [0.29, 0.717) is 0 Å². The van der Waals surface area contributed by atoms with E-state index >= 15 is 0 Å². The summed E-state index contributed by atoms with van der Waals surface area (Å²) in [7, 11) is 0. The molecule has 3 aromatic rings. The Morgan fingerprint density at radius 2 is 1.52 bits per heavy atom. The Morgan fingerprint density at radius 1 is 0.828 bits per heavy atom. The fraction of sp³-hybridized carbons (Fsp3) is 0.308. The summed E-state index contributed by atoms with van der Waals surface area (Å²) in [6, 6.07) is 24.0. The SMILES string of the molecule is C(=C(/CCc1ccccc1)B1Nc2cccc3cccc(c23)N1)/C1CCCCC1. The summed E-state index contributed by atoms with van der Waals surface area (Å²) < 4.78 is 0. The first-order valence-corrected chi connectivity index (χ1v) is 11.2. The zero-order chi connectivity index (χ0) is 19.5. The number of hydrogen-bond donors (Lipinski definition) is 2. The van der Waals surface area contributed by atoms with Crippen LogP contribution >= 0.6 is 0 Å². The van der Waals surface area contributed by atoms with Gasteiger partial charge in [0.2, 0.25) is 0 Å². The van der Waals surface area contributed by atoms with Crippen molar-refractivity contribution >= 4 is 29.1 Å². The molecule has 0 unspecified atom stereocenters. The maximum Gasteiger partial charge on any atom is 0.401 e. The van der Waals surface area contributed by atoms with Crippen LogP contribution in [0.25, 0.3) is 10.8 Å². The van der Waals surface area contributed by atoms with Crippen molar-refractivity contribution < 1.29 is 0 Å². The average molecular weight is 380 g/mol. The van der Waals surface area contributed by atoms with Gasteiger partial charge in [-0.1, -0.05) is 85.4 Å². The Labute approximate surface area is 174 Å². The lowest BCUT2D eigenvalue weighted by Crippen LogP contribution is -2.40. The molecule has 1 aliphatic heterocycles. The largest absolute Gasteiger partial charge is 0.405 e. The normalized spacial score (nSPS) is 17.1. The molecule has 0 spiro atoms. The molecule has 0 aromatic heterocycles. The minimum absolute atomic E-state index is 0.168. The number of aryl methyl sites for hydroxylation is 1. The molecule has 1 fully saturated rings. The third-order valence-corrected chi connectivity index (χ3v) is 6.52. The second-order valence-corrected chi connectivity index (χ2v) is 8.56. The standard InChI is InChI=1S/C26H29BN2/c1-3-9-20(10-4-1)17-18-23(19-21-11-5-2-6-12-21)27-28-24-15-7-13-22-14-8-16-25(29-27)26(22)24/h1,3-4,7-10,13-16,19,21,28-29H,2,5-6,11-12,17-18H2/b23-19+. The number of anilines is 2. The van der Waals surface area contributed by atoms with Crippen LogP contribution in [0, 0.1) is 5.92 Å². The summed E-state index contributed by atoms with van der Waals surface area (Å²) >= 11 is 0. The molecule has 5 rings (SSSR count). The second-order valence-electron chi connectivity index (χ2n) is 8.56. The first-order valence-electron chi connectivity index (χ1n) is 11.2. The molecule has 0 atom stereocenters. The van der Waals surface area contributed by atoms with Crippen LogP contribution in [0.3, 0.4) is 0 Å². The number of benzene rings is 3. The molecule has 2 aliphatic rings. The van der Waals surface area contributed by atoms with E-state index in [9.17, 15) is 0 Å². The van der Waals surface area contributed by atoms with Crippen molar-refractivity contribution in [3.63, 3.8) is 0 Å². The van der Waals surface area contributed by atoms with E-state index in [1.165, 1.54) is 65.3 Å². The van der Waals surface area contributed by atoms with Gasteiger partial charge in [-0.2, -0.15) is 0 Å². The van der Waals surface area contributed by atoms with Gasteiger partial charge in [0.1, 0.15) is 0 Å². The second kappa shape index (κ2) is 8.36. The van der Waals surface area contributed by atoms with Crippen LogP contribution in [0.1, 0.15) is 44.1 Å². The van der Waals surface area contributed by atoms with E-state index in [2.05, 4.69) is 83.3 Å². The molecule has 146 valence electrons. The van der Waals surface area contributed by atoms with Crippen LogP contribution in [0.2, 0.25) is 0 Å². The fourth-order valence-corrected chi connectivity index (χ4v) is 4.97. The van der Waals surface area contributed by atoms with Crippen molar-refractivity contribution in [2.24, 2.45) is 5.92 Å². The van der Waals surface area contributed by atoms with Crippen LogP contribution in [-0.2, 0) is 6.42 Å². The van der Waals surface area contributed by atoms with Gasteiger partial charge in [-0.05, 0) is 54.7 Å². The monoisotopic (exact) mass is 380 g/mol. The molecule has 0 saturated heterocycles. The molecular weight excluding hydrogens is 351 g/mol. The summed E-state index contributed by atoms with van der Waals surface area (Å²) in [5.41, 5.74) is 5.42. The van der Waals surface area contributed by atoms with Crippen molar-refractivity contribution in [1.82, 2.24) is 0 Å². The number of allylic oxidation sites excluding steroid dienone is 2. The third kappa shape index (κ3) is 4.05. The highest BCUT2D eigenvalue weighted by Gasteiger charge is 2.28. The summed E-state index contributed by atoms with van der Waals surface area (Å²) in [5, 5.41) is 10.2. The van der Waals surface area contributed by atoms with E-state index in [1.807, 2.05) is 0 Å². The van der Waals surface area contributed by atoms with E-state index in [1.54, 1.807) is 0 Å². The lowest BCUT2D eigenvalue weighted by molar-refractivity contribution is 0.418. The van der Waals surface area contributed by atoms with E-state index in [-0.39, 0.29) is 6.98 Å².